The summed E-state index contributed by atoms with van der Waals surface area (Å²) >= 11 is 0. The molecule has 4 rings (SSSR count). The summed E-state index contributed by atoms with van der Waals surface area (Å²) in [4.78, 5) is 113. The molecule has 0 radical (unpaired) electrons. The molecule has 1 fully saturated rings. The molecule has 0 aliphatic heterocycles. The monoisotopic (exact) mass is 1000 g/mol. The van der Waals surface area contributed by atoms with Gasteiger partial charge in [-0.3, -0.25) is 19.2 Å². The first-order chi connectivity index (χ1) is 34.7. The van der Waals surface area contributed by atoms with Crippen LogP contribution in [-0.2, 0) is 61.9 Å². The van der Waals surface area contributed by atoms with Crippen molar-refractivity contribution >= 4 is 53.7 Å². The van der Waals surface area contributed by atoms with Crippen molar-refractivity contribution in [1.29, 1.82) is 0 Å². The number of ether oxygens (including phenoxy) is 12. The van der Waals surface area contributed by atoms with Gasteiger partial charge in [0, 0.05) is 26.4 Å². The molecule has 0 saturated heterocycles. The van der Waals surface area contributed by atoms with Crippen LogP contribution in [0.15, 0.2) is 86.0 Å². The molecule has 0 unspecified atom stereocenters. The highest BCUT2D eigenvalue weighted by Gasteiger charge is 2.33. The fourth-order valence-electron chi connectivity index (χ4n) is 6.48. The van der Waals surface area contributed by atoms with E-state index in [4.69, 9.17) is 56.8 Å². The smallest absolute Gasteiger partial charge is 0.343 e. The molecule has 0 aromatic heterocycles. The van der Waals surface area contributed by atoms with Gasteiger partial charge in [0.05, 0.1) is 56.7 Å². The SMILES string of the molecule is C=CC(=O)OCCCCOc1ccc(C(=O)Oc2ccc(OC(=O)C3CCC(C(=O)Oc4ccc(OC(=O)CCC(=O)OCCOC(=O)C=C)c(C(=O)OCCOC)c4)CC3)cc2C(=O)OCCOC)cc1. The van der Waals surface area contributed by atoms with Crippen LogP contribution in [0.1, 0.15) is 82.4 Å². The molecule has 3 aromatic rings. The Balaban J connectivity index is 1.33. The minimum absolute atomic E-state index is 0.0331. The lowest BCUT2D eigenvalue weighted by Crippen LogP contribution is -2.30. The molecule has 1 saturated carbocycles. The van der Waals surface area contributed by atoms with Crippen LogP contribution in [-0.4, -0.2) is 121 Å². The number of methoxy groups -OCH3 is 2. The van der Waals surface area contributed by atoms with Crippen molar-refractivity contribution in [3.05, 3.63) is 103 Å². The molecule has 1 aliphatic carbocycles. The molecule has 21 heteroatoms. The molecule has 0 heterocycles. The molecule has 386 valence electrons. The number of carbonyl (C=O) groups is 9. The van der Waals surface area contributed by atoms with Gasteiger partial charge in [-0.25, -0.2) is 24.0 Å². The molecular formula is C51H56O21. The Bertz CT molecular complexity index is 2380. The molecule has 72 heavy (non-hydrogen) atoms. The highest BCUT2D eigenvalue weighted by molar-refractivity contribution is 5.97. The lowest BCUT2D eigenvalue weighted by molar-refractivity contribution is -0.151. The standard InChI is InChI=1S/C51H56O21/c1-5-43(52)64-24-8-7-23-63-36-15-13-35(14-16-36)49(58)72-42-20-18-38(32-40(42)51(60)68-28-26-62-4)70-48(57)34-11-9-33(10-12-34)47(56)69-37-17-19-41(39(31-37)50(59)67-27-25-61-3)71-46(55)22-21-45(54)66-30-29-65-44(53)6-2/h5-6,13-20,31-34H,1-2,7-12,21-30H2,3-4H3. The normalized spacial score (nSPS) is 13.8. The molecule has 0 spiro atoms. The fraction of sp³-hybridized carbons (Fsp3) is 0.392. The van der Waals surface area contributed by atoms with E-state index in [9.17, 15) is 43.2 Å². The zero-order valence-electron chi connectivity index (χ0n) is 39.9. The Morgan fingerprint density at radius 2 is 0.917 bits per heavy atom. The summed E-state index contributed by atoms with van der Waals surface area (Å²) in [6, 6.07) is 13.7. The second kappa shape index (κ2) is 30.6. The zero-order chi connectivity index (χ0) is 52.3. The molecule has 1 aliphatic rings. The van der Waals surface area contributed by atoms with Crippen molar-refractivity contribution in [1.82, 2.24) is 0 Å². The third-order valence-corrected chi connectivity index (χ3v) is 10.2. The van der Waals surface area contributed by atoms with Crippen LogP contribution in [0, 0.1) is 11.8 Å². The third-order valence-electron chi connectivity index (χ3n) is 10.2. The quantitative estimate of drug-likeness (QED) is 0.0266. The van der Waals surface area contributed by atoms with E-state index in [-0.39, 0.29) is 118 Å². The number of hydrogen-bond acceptors (Lipinski definition) is 21. The minimum atomic E-state index is -0.921. The fourth-order valence-corrected chi connectivity index (χ4v) is 6.48. The number of rotatable bonds is 29. The minimum Gasteiger partial charge on any atom is -0.494 e. The largest absolute Gasteiger partial charge is 0.494 e. The van der Waals surface area contributed by atoms with Gasteiger partial charge in [-0.1, -0.05) is 13.2 Å². The summed E-state index contributed by atoms with van der Waals surface area (Å²) in [7, 11) is 2.83. The number of benzene rings is 3. The van der Waals surface area contributed by atoms with Crippen LogP contribution in [0.4, 0.5) is 0 Å². The predicted octanol–water partition coefficient (Wildman–Crippen LogP) is 5.68. The highest BCUT2D eigenvalue weighted by Crippen LogP contribution is 2.34. The number of unbranched alkanes of at least 4 members (excludes halogenated alkanes) is 1. The van der Waals surface area contributed by atoms with Crippen molar-refractivity contribution in [2.24, 2.45) is 11.8 Å². The lowest BCUT2D eigenvalue weighted by atomic mass is 9.82. The van der Waals surface area contributed by atoms with E-state index in [2.05, 4.69) is 13.2 Å². The van der Waals surface area contributed by atoms with E-state index >= 15 is 0 Å². The molecule has 21 nitrogen and oxygen atoms in total. The molecule has 0 N–H and O–H groups in total. The van der Waals surface area contributed by atoms with Crippen LogP contribution in [0.3, 0.4) is 0 Å². The Labute approximate surface area is 414 Å². The van der Waals surface area contributed by atoms with Gasteiger partial charge in [0.1, 0.15) is 66.3 Å². The van der Waals surface area contributed by atoms with Gasteiger partial charge in [0.2, 0.25) is 0 Å². The number of hydrogen-bond donors (Lipinski definition) is 0. The van der Waals surface area contributed by atoms with Gasteiger partial charge in [-0.15, -0.1) is 0 Å². The predicted molar refractivity (Wildman–Crippen MR) is 248 cm³/mol. The zero-order valence-corrected chi connectivity index (χ0v) is 39.9. The first-order valence-electron chi connectivity index (χ1n) is 22.7. The van der Waals surface area contributed by atoms with E-state index in [1.807, 2.05) is 0 Å². The average Bonchev–Trinajstić information content (AvgIpc) is 3.38. The van der Waals surface area contributed by atoms with Crippen LogP contribution in [0.5, 0.6) is 28.7 Å². The summed E-state index contributed by atoms with van der Waals surface area (Å²) < 4.78 is 62.8. The molecule has 0 amide bonds. The topological polar surface area (TPSA) is 264 Å². The van der Waals surface area contributed by atoms with Crippen LogP contribution in [0.25, 0.3) is 0 Å². The molecule has 0 bridgehead atoms. The van der Waals surface area contributed by atoms with Crippen molar-refractivity contribution < 1.29 is 100.0 Å². The number of esters is 9. The first kappa shape index (κ1) is 56.7. The summed E-state index contributed by atoms with van der Waals surface area (Å²) in [5.41, 5.74) is -0.313. The Hall–Kier alpha value is -7.91. The summed E-state index contributed by atoms with van der Waals surface area (Å²) in [6.45, 7) is 6.59. The van der Waals surface area contributed by atoms with Gasteiger partial charge >= 0.3 is 53.7 Å². The van der Waals surface area contributed by atoms with E-state index in [1.54, 1.807) is 12.1 Å². The van der Waals surface area contributed by atoms with Crippen molar-refractivity contribution in [3.8, 4) is 28.7 Å². The maximum absolute atomic E-state index is 13.4. The second-order valence-electron chi connectivity index (χ2n) is 15.4. The van der Waals surface area contributed by atoms with E-state index in [0.29, 0.717) is 25.2 Å². The summed E-state index contributed by atoms with van der Waals surface area (Å²) in [6.07, 6.45) is 3.36. The maximum atomic E-state index is 13.4. The van der Waals surface area contributed by atoms with E-state index in [1.165, 1.54) is 62.8 Å². The Morgan fingerprint density at radius 3 is 1.43 bits per heavy atom. The Kier molecular flexibility index (Phi) is 24.1. The van der Waals surface area contributed by atoms with Gasteiger partial charge in [0.15, 0.2) is 0 Å². The van der Waals surface area contributed by atoms with Crippen molar-refractivity contribution in [2.75, 3.05) is 67.1 Å². The maximum Gasteiger partial charge on any atom is 0.343 e. The van der Waals surface area contributed by atoms with Gasteiger partial charge < -0.3 is 56.8 Å². The van der Waals surface area contributed by atoms with Crippen LogP contribution >= 0.6 is 0 Å². The van der Waals surface area contributed by atoms with Gasteiger partial charge in [-0.2, -0.15) is 0 Å². The van der Waals surface area contributed by atoms with Crippen molar-refractivity contribution in [3.63, 3.8) is 0 Å². The van der Waals surface area contributed by atoms with E-state index in [0.717, 1.165) is 12.2 Å². The third kappa shape index (κ3) is 19.5. The van der Waals surface area contributed by atoms with Crippen LogP contribution < -0.4 is 23.7 Å². The van der Waals surface area contributed by atoms with Crippen molar-refractivity contribution in [2.45, 2.75) is 51.4 Å². The summed E-state index contributed by atoms with van der Waals surface area (Å²) in [5, 5.41) is 0. The van der Waals surface area contributed by atoms with Gasteiger partial charge in [-0.05, 0) is 99.2 Å². The second-order valence-corrected chi connectivity index (χ2v) is 15.4. The van der Waals surface area contributed by atoms with Gasteiger partial charge in [0.25, 0.3) is 0 Å². The summed E-state index contributed by atoms with van der Waals surface area (Å²) in [5.74, 6) is -8.02. The first-order valence-corrected chi connectivity index (χ1v) is 22.7. The molecule has 3 aromatic carbocycles. The molecular weight excluding hydrogens is 949 g/mol. The Morgan fingerprint density at radius 1 is 0.472 bits per heavy atom. The van der Waals surface area contributed by atoms with E-state index < -0.39 is 72.0 Å². The highest BCUT2D eigenvalue weighted by atomic mass is 16.6. The lowest BCUT2D eigenvalue weighted by Gasteiger charge is -2.26. The van der Waals surface area contributed by atoms with Crippen LogP contribution in [0.2, 0.25) is 0 Å². The molecule has 0 atom stereocenters. The number of carbonyl (C=O) groups excluding carboxylic acids is 9. The average molecular weight is 1000 g/mol.